The molecule has 0 aromatic carbocycles. The highest BCUT2D eigenvalue weighted by molar-refractivity contribution is 7.10. The number of carbonyl (C=O) groups is 2. The van der Waals surface area contributed by atoms with Crippen LogP contribution in [0.25, 0.3) is 0 Å². The average molecular weight is 350 g/mol. The molecular formula is C18H22O5S. The summed E-state index contributed by atoms with van der Waals surface area (Å²) in [5.74, 6) is -0.566. The van der Waals surface area contributed by atoms with E-state index in [1.54, 1.807) is 45.1 Å². The molecule has 0 fully saturated rings. The summed E-state index contributed by atoms with van der Waals surface area (Å²) in [5.41, 5.74) is -0.623. The Morgan fingerprint density at radius 2 is 2.17 bits per heavy atom. The number of thiophene rings is 1. The first kappa shape index (κ1) is 18.3. The molecule has 2 heterocycles. The van der Waals surface area contributed by atoms with E-state index < -0.39 is 17.5 Å². The predicted molar refractivity (Wildman–Crippen MR) is 91.4 cm³/mol. The van der Waals surface area contributed by atoms with E-state index in [1.807, 2.05) is 17.5 Å². The molecule has 5 nitrogen and oxygen atoms in total. The summed E-state index contributed by atoms with van der Waals surface area (Å²) >= 11 is 1.59. The molecule has 0 amide bonds. The molecular weight excluding hydrogens is 328 g/mol. The van der Waals surface area contributed by atoms with Gasteiger partial charge in [-0.15, -0.1) is 11.3 Å². The Morgan fingerprint density at radius 1 is 1.42 bits per heavy atom. The molecule has 1 aliphatic rings. The first-order valence-electron chi connectivity index (χ1n) is 7.82. The molecule has 1 aliphatic heterocycles. The van der Waals surface area contributed by atoms with Crippen molar-refractivity contribution in [3.8, 4) is 0 Å². The summed E-state index contributed by atoms with van der Waals surface area (Å²) in [6.07, 6.45) is 3.54. The Balaban J connectivity index is 2.26. The molecule has 24 heavy (non-hydrogen) atoms. The second kappa shape index (κ2) is 7.66. The number of ether oxygens (including phenoxy) is 3. The quantitative estimate of drug-likeness (QED) is 0.608. The third kappa shape index (κ3) is 5.23. The van der Waals surface area contributed by atoms with Crippen molar-refractivity contribution in [1.82, 2.24) is 0 Å². The Morgan fingerprint density at radius 3 is 2.75 bits per heavy atom. The van der Waals surface area contributed by atoms with Crippen molar-refractivity contribution < 1.29 is 23.8 Å². The van der Waals surface area contributed by atoms with E-state index in [-0.39, 0.29) is 18.3 Å². The number of allylic oxidation sites excluding steroid dienone is 2. The summed E-state index contributed by atoms with van der Waals surface area (Å²) in [6.45, 7) is 7.39. The molecule has 130 valence electrons. The molecule has 0 unspecified atom stereocenters. The third-order valence-electron chi connectivity index (χ3n) is 3.09. The van der Waals surface area contributed by atoms with E-state index >= 15 is 0 Å². The number of rotatable bonds is 4. The topological polar surface area (TPSA) is 61.8 Å². The van der Waals surface area contributed by atoms with Crippen LogP contribution in [-0.2, 0) is 23.8 Å². The van der Waals surface area contributed by atoms with Crippen molar-refractivity contribution >= 4 is 23.3 Å². The molecule has 0 saturated carbocycles. The van der Waals surface area contributed by atoms with Gasteiger partial charge in [0.15, 0.2) is 0 Å². The molecule has 0 saturated heterocycles. The highest BCUT2D eigenvalue weighted by Gasteiger charge is 2.29. The van der Waals surface area contributed by atoms with Gasteiger partial charge in [0.1, 0.15) is 11.4 Å². The lowest BCUT2D eigenvalue weighted by Crippen LogP contribution is -2.27. The molecule has 0 aliphatic carbocycles. The lowest BCUT2D eigenvalue weighted by Gasteiger charge is -2.25. The normalized spacial score (nSPS) is 19.4. The van der Waals surface area contributed by atoms with Crippen molar-refractivity contribution in [3.05, 3.63) is 46.1 Å². The van der Waals surface area contributed by atoms with E-state index in [4.69, 9.17) is 14.2 Å². The molecule has 1 atom stereocenters. The van der Waals surface area contributed by atoms with Crippen molar-refractivity contribution in [2.45, 2.75) is 45.6 Å². The summed E-state index contributed by atoms with van der Waals surface area (Å²) in [4.78, 5) is 25.1. The third-order valence-corrected chi connectivity index (χ3v) is 4.09. The fourth-order valence-electron chi connectivity index (χ4n) is 2.20. The molecule has 1 aromatic heterocycles. The fourth-order valence-corrected chi connectivity index (χ4v) is 3.00. The second-order valence-corrected chi connectivity index (χ2v) is 7.30. The minimum absolute atomic E-state index is 0.0399. The number of esters is 2. The summed E-state index contributed by atoms with van der Waals surface area (Å²) < 4.78 is 15.9. The minimum atomic E-state index is -0.623. The monoisotopic (exact) mass is 350 g/mol. The lowest BCUT2D eigenvalue weighted by atomic mass is 9.98. The fraction of sp³-hybridized carbons (Fsp3) is 0.444. The summed E-state index contributed by atoms with van der Waals surface area (Å²) in [6, 6.07) is 3.94. The van der Waals surface area contributed by atoms with Crippen molar-refractivity contribution in [2.75, 3.05) is 6.61 Å². The Hall–Kier alpha value is -2.08. The van der Waals surface area contributed by atoms with E-state index in [0.29, 0.717) is 12.2 Å². The van der Waals surface area contributed by atoms with E-state index in [1.165, 1.54) is 6.08 Å². The Bertz CT molecular complexity index is 649. The number of hydrogen-bond donors (Lipinski definition) is 0. The predicted octanol–water partition coefficient (Wildman–Crippen LogP) is 3.92. The Kier molecular flexibility index (Phi) is 5.83. The van der Waals surface area contributed by atoms with Crippen LogP contribution in [0, 0.1) is 0 Å². The SMILES string of the molecule is CCOC(=O)/C=C1/C[C@H](c2cccs2)C=C(C(=O)OC(C)(C)C)O1. The molecule has 0 N–H and O–H groups in total. The van der Waals surface area contributed by atoms with Crippen LogP contribution in [0.3, 0.4) is 0 Å². The van der Waals surface area contributed by atoms with Gasteiger partial charge >= 0.3 is 11.9 Å². The molecule has 0 bridgehead atoms. The number of hydrogen-bond acceptors (Lipinski definition) is 6. The maximum atomic E-state index is 12.3. The zero-order valence-electron chi connectivity index (χ0n) is 14.3. The van der Waals surface area contributed by atoms with Gasteiger partial charge in [-0.2, -0.15) is 0 Å². The summed E-state index contributed by atoms with van der Waals surface area (Å²) in [7, 11) is 0. The van der Waals surface area contributed by atoms with Crippen LogP contribution in [0.1, 0.15) is 44.9 Å². The highest BCUT2D eigenvalue weighted by Crippen LogP contribution is 2.35. The van der Waals surface area contributed by atoms with Crippen LogP contribution < -0.4 is 0 Å². The smallest absolute Gasteiger partial charge is 0.374 e. The van der Waals surface area contributed by atoms with E-state index in [0.717, 1.165) is 4.88 Å². The maximum Gasteiger partial charge on any atom is 0.374 e. The maximum absolute atomic E-state index is 12.3. The van der Waals surface area contributed by atoms with Crippen molar-refractivity contribution in [2.24, 2.45) is 0 Å². The van der Waals surface area contributed by atoms with Crippen molar-refractivity contribution in [1.29, 1.82) is 0 Å². The van der Waals surface area contributed by atoms with Gasteiger partial charge in [-0.05, 0) is 45.2 Å². The van der Waals surface area contributed by atoms with Gasteiger partial charge in [-0.1, -0.05) is 6.07 Å². The van der Waals surface area contributed by atoms with Crippen LogP contribution in [0.15, 0.2) is 41.2 Å². The highest BCUT2D eigenvalue weighted by atomic mass is 32.1. The summed E-state index contributed by atoms with van der Waals surface area (Å²) in [5, 5.41) is 1.97. The molecule has 6 heteroatoms. The van der Waals surface area contributed by atoms with Crippen LogP contribution >= 0.6 is 11.3 Å². The largest absolute Gasteiger partial charge is 0.463 e. The van der Waals surface area contributed by atoms with Gasteiger partial charge in [0, 0.05) is 17.2 Å². The first-order valence-corrected chi connectivity index (χ1v) is 8.70. The van der Waals surface area contributed by atoms with Crippen LogP contribution in [0.4, 0.5) is 0 Å². The van der Waals surface area contributed by atoms with Crippen LogP contribution in [0.5, 0.6) is 0 Å². The van der Waals surface area contributed by atoms with Gasteiger partial charge in [-0.3, -0.25) is 0 Å². The minimum Gasteiger partial charge on any atom is -0.463 e. The van der Waals surface area contributed by atoms with Gasteiger partial charge < -0.3 is 14.2 Å². The zero-order valence-corrected chi connectivity index (χ0v) is 15.1. The average Bonchev–Trinajstić information content (AvgIpc) is 2.99. The van der Waals surface area contributed by atoms with E-state index in [2.05, 4.69) is 0 Å². The van der Waals surface area contributed by atoms with Gasteiger partial charge in [0.2, 0.25) is 5.76 Å². The molecule has 0 radical (unpaired) electrons. The van der Waals surface area contributed by atoms with Gasteiger partial charge in [-0.25, -0.2) is 9.59 Å². The molecule has 1 aromatic rings. The zero-order chi connectivity index (χ0) is 17.7. The standard InChI is InChI=1S/C18H22O5S/c1-5-21-16(19)11-13-9-12(15-7-6-8-24-15)10-14(22-13)17(20)23-18(2,3)4/h6-8,10-12H,5,9H2,1-4H3/b13-11-/t12-/m0/s1. The van der Waals surface area contributed by atoms with E-state index in [9.17, 15) is 9.59 Å². The van der Waals surface area contributed by atoms with Crippen LogP contribution in [0.2, 0.25) is 0 Å². The lowest BCUT2D eigenvalue weighted by molar-refractivity contribution is -0.154. The van der Waals surface area contributed by atoms with Crippen molar-refractivity contribution in [3.63, 3.8) is 0 Å². The van der Waals surface area contributed by atoms with Crippen LogP contribution in [-0.4, -0.2) is 24.1 Å². The molecule has 0 spiro atoms. The first-order chi connectivity index (χ1) is 11.3. The second-order valence-electron chi connectivity index (χ2n) is 6.32. The number of carbonyl (C=O) groups excluding carboxylic acids is 2. The molecule has 2 rings (SSSR count). The van der Waals surface area contributed by atoms with Gasteiger partial charge in [0.25, 0.3) is 0 Å². The van der Waals surface area contributed by atoms with Gasteiger partial charge in [0.05, 0.1) is 12.7 Å². The Labute approximate surface area is 145 Å².